The maximum Gasteiger partial charge on any atom is 0.316 e. The van der Waals surface area contributed by atoms with Gasteiger partial charge in [0.25, 0.3) is 0 Å². The van der Waals surface area contributed by atoms with Gasteiger partial charge in [0, 0.05) is 36.0 Å². The largest absolute Gasteiger partial charge is 0.379 e. The fourth-order valence-corrected chi connectivity index (χ4v) is 1.31. The van der Waals surface area contributed by atoms with Gasteiger partial charge in [0.05, 0.1) is 33.1 Å². The zero-order valence-corrected chi connectivity index (χ0v) is 13.7. The van der Waals surface area contributed by atoms with Crippen molar-refractivity contribution in [3.63, 3.8) is 0 Å². The summed E-state index contributed by atoms with van der Waals surface area (Å²) in [5.74, 6) is 0. The van der Waals surface area contributed by atoms with Gasteiger partial charge in [-0.15, -0.1) is 0 Å². The van der Waals surface area contributed by atoms with Crippen LogP contribution in [0.25, 0.3) is 20.9 Å². The summed E-state index contributed by atoms with van der Waals surface area (Å²) in [6.45, 7) is 2.11. The lowest BCUT2D eigenvalue weighted by Gasteiger charge is -2.10. The van der Waals surface area contributed by atoms with Gasteiger partial charge in [0.15, 0.2) is 0 Å². The number of hydrogen-bond donors (Lipinski definition) is 4. The van der Waals surface area contributed by atoms with Gasteiger partial charge in [0.2, 0.25) is 0 Å². The molecule has 14 nitrogen and oxygen atoms in total. The first-order valence-corrected chi connectivity index (χ1v) is 7.41. The fourth-order valence-electron chi connectivity index (χ4n) is 1.31. The van der Waals surface area contributed by atoms with Gasteiger partial charge in [-0.05, 0) is 11.1 Å². The molecule has 14 heteroatoms. The smallest absolute Gasteiger partial charge is 0.316 e. The highest BCUT2D eigenvalue weighted by atomic mass is 16.5. The van der Waals surface area contributed by atoms with Crippen molar-refractivity contribution in [2.24, 2.45) is 10.2 Å². The first-order valence-electron chi connectivity index (χ1n) is 7.41. The summed E-state index contributed by atoms with van der Waals surface area (Å²) in [6.07, 6.45) is 0. The third kappa shape index (κ3) is 17.3. The number of carbonyl (C=O) groups excluding carboxylic acids is 2. The van der Waals surface area contributed by atoms with Crippen LogP contribution in [0.3, 0.4) is 0 Å². The molecule has 0 aliphatic heterocycles. The fraction of sp³-hybridized carbons (Fsp3) is 0.818. The minimum absolute atomic E-state index is 0.0485. The summed E-state index contributed by atoms with van der Waals surface area (Å²) in [4.78, 5) is 27.9. The molecule has 0 saturated carbocycles. The molecule has 140 valence electrons. The summed E-state index contributed by atoms with van der Waals surface area (Å²) in [6, 6.07) is -0.916. The van der Waals surface area contributed by atoms with E-state index in [4.69, 9.17) is 20.5 Å². The SMILES string of the molecule is [N-]=[N+]=NCCOCCNC(=O)NCNC(=O)NCCOCCN=[N+]=[N-]. The van der Waals surface area contributed by atoms with Crippen molar-refractivity contribution in [3.8, 4) is 0 Å². The van der Waals surface area contributed by atoms with Gasteiger partial charge in [0.1, 0.15) is 0 Å². The summed E-state index contributed by atoms with van der Waals surface area (Å²) >= 11 is 0. The van der Waals surface area contributed by atoms with Crippen molar-refractivity contribution >= 4 is 12.1 Å². The van der Waals surface area contributed by atoms with Crippen LogP contribution in [0.5, 0.6) is 0 Å². The Morgan fingerprint density at radius 3 is 1.60 bits per heavy atom. The lowest BCUT2D eigenvalue weighted by Crippen LogP contribution is -2.46. The standard InChI is InChI=1S/C11H22N10O4/c12-20-18-3-7-24-5-1-14-10(22)16-9-17-11(23)15-2-6-25-8-4-19-21-13/h1-9H2,(H2,14,16,22)(H2,15,17,23). The molecule has 0 aliphatic rings. The lowest BCUT2D eigenvalue weighted by molar-refractivity contribution is 0.143. The van der Waals surface area contributed by atoms with Crippen molar-refractivity contribution in [1.82, 2.24) is 21.3 Å². The molecule has 0 unspecified atom stereocenters. The number of carbonyl (C=O) groups is 2. The monoisotopic (exact) mass is 358 g/mol. The quantitative estimate of drug-likeness (QED) is 0.113. The molecule has 0 rings (SSSR count). The van der Waals surface area contributed by atoms with Crippen LogP contribution in [0, 0.1) is 0 Å². The van der Waals surface area contributed by atoms with E-state index >= 15 is 0 Å². The highest BCUT2D eigenvalue weighted by Crippen LogP contribution is 1.78. The van der Waals surface area contributed by atoms with E-state index in [1.165, 1.54) is 0 Å². The Morgan fingerprint density at radius 2 is 1.20 bits per heavy atom. The van der Waals surface area contributed by atoms with Crippen LogP contribution in [0.15, 0.2) is 10.2 Å². The van der Waals surface area contributed by atoms with Gasteiger partial charge < -0.3 is 30.7 Å². The summed E-state index contributed by atoms with van der Waals surface area (Å²) < 4.78 is 10.2. The van der Waals surface area contributed by atoms with Gasteiger partial charge in [-0.1, -0.05) is 10.2 Å². The topological polar surface area (TPSA) is 198 Å². The Morgan fingerprint density at radius 1 is 0.760 bits per heavy atom. The molecule has 4 N–H and O–H groups in total. The predicted octanol–water partition coefficient (Wildman–Crippen LogP) is 0.196. The van der Waals surface area contributed by atoms with Crippen LogP contribution in [-0.4, -0.2) is 71.3 Å². The van der Waals surface area contributed by atoms with Gasteiger partial charge >= 0.3 is 12.1 Å². The Balaban J connectivity index is 3.40. The number of rotatable bonds is 14. The van der Waals surface area contributed by atoms with E-state index in [1.54, 1.807) is 0 Å². The molecule has 0 radical (unpaired) electrons. The number of urea groups is 2. The zero-order valence-electron chi connectivity index (χ0n) is 13.7. The van der Waals surface area contributed by atoms with Gasteiger partial charge in [-0.3, -0.25) is 0 Å². The summed E-state index contributed by atoms with van der Waals surface area (Å²) in [5.41, 5.74) is 16.1. The predicted molar refractivity (Wildman–Crippen MR) is 87.6 cm³/mol. The molecule has 0 atom stereocenters. The number of amides is 4. The van der Waals surface area contributed by atoms with E-state index in [1.807, 2.05) is 0 Å². The highest BCUT2D eigenvalue weighted by molar-refractivity contribution is 5.76. The van der Waals surface area contributed by atoms with Crippen LogP contribution in [0.4, 0.5) is 9.59 Å². The van der Waals surface area contributed by atoms with Crippen LogP contribution in [-0.2, 0) is 9.47 Å². The molecule has 0 fully saturated rings. The first-order chi connectivity index (χ1) is 12.2. The Kier molecular flexibility index (Phi) is 15.4. The summed E-state index contributed by atoms with van der Waals surface area (Å²) in [5, 5.41) is 16.5. The maximum atomic E-state index is 11.4. The molecule has 4 amide bonds. The van der Waals surface area contributed by atoms with E-state index in [-0.39, 0.29) is 59.3 Å². The van der Waals surface area contributed by atoms with Crippen LogP contribution in [0.1, 0.15) is 0 Å². The second-order valence-electron chi connectivity index (χ2n) is 4.18. The molecule has 0 heterocycles. The number of azide groups is 2. The highest BCUT2D eigenvalue weighted by Gasteiger charge is 2.01. The average molecular weight is 358 g/mol. The average Bonchev–Trinajstić information content (AvgIpc) is 2.60. The van der Waals surface area contributed by atoms with E-state index in [2.05, 4.69) is 41.3 Å². The van der Waals surface area contributed by atoms with E-state index < -0.39 is 12.1 Å². The molecule has 0 bridgehead atoms. The minimum Gasteiger partial charge on any atom is -0.379 e. The molecule has 25 heavy (non-hydrogen) atoms. The number of ether oxygens (including phenoxy) is 2. The Labute approximate surface area is 143 Å². The molecule has 0 aromatic heterocycles. The second-order valence-corrected chi connectivity index (χ2v) is 4.18. The molecular formula is C11H22N10O4. The number of nitrogens with zero attached hydrogens (tertiary/aromatic N) is 6. The normalized spacial score (nSPS) is 9.28. The van der Waals surface area contributed by atoms with E-state index in [0.29, 0.717) is 0 Å². The zero-order chi connectivity index (χ0) is 18.6. The van der Waals surface area contributed by atoms with Crippen molar-refractivity contribution in [3.05, 3.63) is 20.9 Å². The lowest BCUT2D eigenvalue weighted by atomic mass is 10.6. The minimum atomic E-state index is -0.458. The van der Waals surface area contributed by atoms with Crippen molar-refractivity contribution < 1.29 is 19.1 Å². The van der Waals surface area contributed by atoms with Crippen LogP contribution in [0.2, 0.25) is 0 Å². The molecule has 0 aromatic rings. The molecule has 0 aromatic carbocycles. The number of nitrogens with one attached hydrogen (secondary N) is 4. The summed E-state index contributed by atoms with van der Waals surface area (Å²) in [7, 11) is 0. The molecule has 0 saturated heterocycles. The maximum absolute atomic E-state index is 11.4. The van der Waals surface area contributed by atoms with Gasteiger partial charge in [-0.25, -0.2) is 9.59 Å². The van der Waals surface area contributed by atoms with E-state index in [0.717, 1.165) is 0 Å². The molecule has 0 aliphatic carbocycles. The Hall–Kier alpha value is -2.92. The van der Waals surface area contributed by atoms with Gasteiger partial charge in [-0.2, -0.15) is 0 Å². The van der Waals surface area contributed by atoms with Crippen molar-refractivity contribution in [1.29, 1.82) is 0 Å². The van der Waals surface area contributed by atoms with E-state index in [9.17, 15) is 9.59 Å². The van der Waals surface area contributed by atoms with Crippen molar-refractivity contribution in [2.75, 3.05) is 59.3 Å². The first kappa shape index (κ1) is 22.1. The second kappa shape index (κ2) is 17.4. The third-order valence-electron chi connectivity index (χ3n) is 2.36. The third-order valence-corrected chi connectivity index (χ3v) is 2.36. The van der Waals surface area contributed by atoms with Crippen molar-refractivity contribution in [2.45, 2.75) is 0 Å². The number of hydrogen-bond acceptors (Lipinski definition) is 6. The Bertz CT molecular complexity index is 433. The molecular weight excluding hydrogens is 336 g/mol. The molecule has 0 spiro atoms. The van der Waals surface area contributed by atoms with Crippen LogP contribution < -0.4 is 21.3 Å². The van der Waals surface area contributed by atoms with Crippen LogP contribution >= 0.6 is 0 Å².